The molecule has 0 saturated carbocycles. The minimum atomic E-state index is -3.56. The summed E-state index contributed by atoms with van der Waals surface area (Å²) in [6.45, 7) is 5.85. The molecule has 0 radical (unpaired) electrons. The van der Waals surface area contributed by atoms with E-state index in [4.69, 9.17) is 0 Å². The van der Waals surface area contributed by atoms with Crippen molar-refractivity contribution in [1.29, 1.82) is 0 Å². The van der Waals surface area contributed by atoms with Gasteiger partial charge in [0.2, 0.25) is 10.0 Å². The van der Waals surface area contributed by atoms with E-state index >= 15 is 0 Å². The highest BCUT2D eigenvalue weighted by Crippen LogP contribution is 2.25. The van der Waals surface area contributed by atoms with Gasteiger partial charge in [-0.2, -0.15) is 4.31 Å². The first-order chi connectivity index (χ1) is 16.4. The Morgan fingerprint density at radius 3 is 2.24 bits per heavy atom. The average Bonchev–Trinajstić information content (AvgIpc) is 2.85. The van der Waals surface area contributed by atoms with Gasteiger partial charge in [-0.05, 0) is 48.9 Å². The monoisotopic (exact) mass is 473 g/mol. The summed E-state index contributed by atoms with van der Waals surface area (Å²) in [5.41, 5.74) is 2.16. The van der Waals surface area contributed by atoms with Crippen LogP contribution in [-0.2, 0) is 10.0 Å². The molecule has 2 heterocycles. The maximum Gasteiger partial charge on any atom is 0.243 e. The van der Waals surface area contributed by atoms with Crippen molar-refractivity contribution in [3.05, 3.63) is 84.2 Å². The Labute approximate surface area is 200 Å². The highest BCUT2D eigenvalue weighted by atomic mass is 32.2. The molecule has 1 aromatic heterocycles. The van der Waals surface area contributed by atoms with E-state index in [0.29, 0.717) is 36.9 Å². The van der Waals surface area contributed by atoms with Gasteiger partial charge in [0, 0.05) is 37.9 Å². The number of nitrogens with one attached hydrogen (secondary N) is 1. The van der Waals surface area contributed by atoms with E-state index in [9.17, 15) is 8.42 Å². The topological polar surface area (TPSA) is 78.4 Å². The first-order valence-electron chi connectivity index (χ1n) is 11.3. The van der Waals surface area contributed by atoms with Gasteiger partial charge in [-0.3, -0.25) is 0 Å². The van der Waals surface area contributed by atoms with E-state index in [1.54, 1.807) is 16.4 Å². The van der Waals surface area contributed by atoms with Gasteiger partial charge in [-0.15, -0.1) is 0 Å². The Morgan fingerprint density at radius 2 is 1.50 bits per heavy atom. The molecular formula is C26H27N5O2S. The van der Waals surface area contributed by atoms with Crippen molar-refractivity contribution in [2.75, 3.05) is 36.4 Å². The fraction of sp³-hybridized carbons (Fsp3) is 0.231. The molecule has 0 aliphatic carbocycles. The predicted octanol–water partition coefficient (Wildman–Crippen LogP) is 4.50. The first kappa shape index (κ1) is 22.3. The Balaban J connectivity index is 1.30. The number of aryl methyl sites for hydroxylation is 2. The minimum absolute atomic E-state index is 0.335. The second-order valence-corrected chi connectivity index (χ2v) is 10.5. The molecule has 1 aliphatic rings. The second kappa shape index (κ2) is 9.04. The average molecular weight is 474 g/mol. The van der Waals surface area contributed by atoms with Gasteiger partial charge < -0.3 is 10.2 Å². The van der Waals surface area contributed by atoms with E-state index in [2.05, 4.69) is 27.1 Å². The summed E-state index contributed by atoms with van der Waals surface area (Å²) in [5.74, 6) is 2.18. The first-order valence-corrected chi connectivity index (χ1v) is 12.8. The number of rotatable bonds is 5. The summed E-state index contributed by atoms with van der Waals surface area (Å²) >= 11 is 0. The van der Waals surface area contributed by atoms with Crippen LogP contribution in [0.5, 0.6) is 0 Å². The number of nitrogens with zero attached hydrogens (tertiary/aromatic N) is 4. The molecule has 1 aliphatic heterocycles. The van der Waals surface area contributed by atoms with Crippen LogP contribution >= 0.6 is 0 Å². The largest absolute Gasteiger partial charge is 0.354 e. The van der Waals surface area contributed by atoms with Crippen molar-refractivity contribution in [1.82, 2.24) is 14.3 Å². The smallest absolute Gasteiger partial charge is 0.243 e. The van der Waals surface area contributed by atoms with Gasteiger partial charge in [0.05, 0.1) is 4.90 Å². The van der Waals surface area contributed by atoms with Gasteiger partial charge in [0.25, 0.3) is 0 Å². The molecule has 0 bridgehead atoms. The summed E-state index contributed by atoms with van der Waals surface area (Å²) in [4.78, 5) is 11.6. The van der Waals surface area contributed by atoms with E-state index < -0.39 is 10.0 Å². The zero-order chi connectivity index (χ0) is 23.7. The standard InChI is InChI=1S/C26H27N5O2S/c1-19-7-10-23(11-8-19)29-25-18-26(28-20(2)27-25)30-13-15-31(16-14-30)34(32,33)24-12-9-21-5-3-4-6-22(21)17-24/h3-12,17-18H,13-16H2,1-2H3,(H,27,28,29). The number of sulfonamides is 1. The van der Waals surface area contributed by atoms with Crippen molar-refractivity contribution < 1.29 is 8.42 Å². The summed E-state index contributed by atoms with van der Waals surface area (Å²) in [6.07, 6.45) is 0. The van der Waals surface area contributed by atoms with Crippen LogP contribution in [-0.4, -0.2) is 48.9 Å². The zero-order valence-electron chi connectivity index (χ0n) is 19.3. The summed E-state index contributed by atoms with van der Waals surface area (Å²) in [7, 11) is -3.56. The third-order valence-electron chi connectivity index (χ3n) is 6.07. The van der Waals surface area contributed by atoms with Crippen LogP contribution in [0, 0.1) is 13.8 Å². The van der Waals surface area contributed by atoms with Crippen LogP contribution in [0.3, 0.4) is 0 Å². The molecule has 3 aromatic carbocycles. The SMILES string of the molecule is Cc1ccc(Nc2cc(N3CCN(S(=O)(=O)c4ccc5ccccc5c4)CC3)nc(C)n2)cc1. The van der Waals surface area contributed by atoms with E-state index in [-0.39, 0.29) is 0 Å². The third kappa shape index (κ3) is 4.60. The Hall–Kier alpha value is -3.49. The number of fused-ring (bicyclic) bond motifs is 1. The molecule has 0 amide bonds. The highest BCUT2D eigenvalue weighted by molar-refractivity contribution is 7.89. The second-order valence-electron chi connectivity index (χ2n) is 8.55. The number of benzene rings is 3. The highest BCUT2D eigenvalue weighted by Gasteiger charge is 2.29. The fourth-order valence-electron chi connectivity index (χ4n) is 4.20. The van der Waals surface area contributed by atoms with Gasteiger partial charge in [0.15, 0.2) is 0 Å². The van der Waals surface area contributed by atoms with Gasteiger partial charge in [0.1, 0.15) is 17.5 Å². The Morgan fingerprint density at radius 1 is 0.794 bits per heavy atom. The fourth-order valence-corrected chi connectivity index (χ4v) is 5.66. The molecule has 8 heteroatoms. The van der Waals surface area contributed by atoms with Crippen LogP contribution in [0.25, 0.3) is 10.8 Å². The number of anilines is 3. The Bertz CT molecular complexity index is 1430. The summed E-state index contributed by atoms with van der Waals surface area (Å²) in [5, 5.41) is 5.29. The van der Waals surface area contributed by atoms with Crippen molar-refractivity contribution in [2.24, 2.45) is 0 Å². The molecule has 1 N–H and O–H groups in total. The molecule has 7 nitrogen and oxygen atoms in total. The maximum absolute atomic E-state index is 13.3. The number of hydrogen-bond donors (Lipinski definition) is 1. The van der Waals surface area contributed by atoms with Crippen LogP contribution in [0.2, 0.25) is 0 Å². The Kier molecular flexibility index (Phi) is 5.93. The summed E-state index contributed by atoms with van der Waals surface area (Å²) < 4.78 is 28.1. The van der Waals surface area contributed by atoms with Crippen molar-refractivity contribution in [3.8, 4) is 0 Å². The van der Waals surface area contributed by atoms with Crippen LogP contribution in [0.4, 0.5) is 17.3 Å². The number of aromatic nitrogens is 2. The molecule has 0 spiro atoms. The lowest BCUT2D eigenvalue weighted by molar-refractivity contribution is 0.383. The van der Waals surface area contributed by atoms with Crippen molar-refractivity contribution >= 4 is 38.1 Å². The van der Waals surface area contributed by atoms with Crippen LogP contribution in [0.15, 0.2) is 77.7 Å². The van der Waals surface area contributed by atoms with Gasteiger partial charge >= 0.3 is 0 Å². The normalized spacial score (nSPS) is 14.9. The lowest BCUT2D eigenvalue weighted by atomic mass is 10.1. The lowest BCUT2D eigenvalue weighted by Gasteiger charge is -2.34. The molecule has 1 fully saturated rings. The van der Waals surface area contributed by atoms with Gasteiger partial charge in [-0.1, -0.05) is 48.0 Å². The molecular weight excluding hydrogens is 446 g/mol. The van der Waals surface area contributed by atoms with E-state index in [0.717, 1.165) is 28.1 Å². The van der Waals surface area contributed by atoms with Gasteiger partial charge in [-0.25, -0.2) is 18.4 Å². The quantitative estimate of drug-likeness (QED) is 0.460. The number of hydrogen-bond acceptors (Lipinski definition) is 6. The molecule has 0 atom stereocenters. The molecule has 0 unspecified atom stereocenters. The minimum Gasteiger partial charge on any atom is -0.354 e. The lowest BCUT2D eigenvalue weighted by Crippen LogP contribution is -2.49. The molecule has 174 valence electrons. The third-order valence-corrected chi connectivity index (χ3v) is 7.96. The molecule has 4 aromatic rings. The molecule has 5 rings (SSSR count). The zero-order valence-corrected chi connectivity index (χ0v) is 20.1. The van der Waals surface area contributed by atoms with E-state index in [1.807, 2.05) is 67.6 Å². The predicted molar refractivity (Wildman–Crippen MR) is 136 cm³/mol. The number of piperazine rings is 1. The summed E-state index contributed by atoms with van der Waals surface area (Å²) in [6, 6.07) is 23.2. The molecule has 1 saturated heterocycles. The van der Waals surface area contributed by atoms with Crippen LogP contribution in [0.1, 0.15) is 11.4 Å². The van der Waals surface area contributed by atoms with E-state index in [1.165, 1.54) is 5.56 Å². The van der Waals surface area contributed by atoms with Crippen LogP contribution < -0.4 is 10.2 Å². The van der Waals surface area contributed by atoms with Crippen molar-refractivity contribution in [3.63, 3.8) is 0 Å². The molecule has 34 heavy (non-hydrogen) atoms. The maximum atomic E-state index is 13.3. The van der Waals surface area contributed by atoms with Crippen molar-refractivity contribution in [2.45, 2.75) is 18.7 Å².